The molecule has 190 valence electrons. The average Bonchev–Trinajstić information content (AvgIpc) is 2.93. The molecule has 0 bridgehead atoms. The Kier molecular flexibility index (Phi) is 8.72. The molecule has 0 aliphatic heterocycles. The zero-order valence-corrected chi connectivity index (χ0v) is 21.8. The highest BCUT2D eigenvalue weighted by Crippen LogP contribution is 2.31. The van der Waals surface area contributed by atoms with Gasteiger partial charge in [0.1, 0.15) is 5.75 Å². The second-order valence-corrected chi connectivity index (χ2v) is 10.4. The summed E-state index contributed by atoms with van der Waals surface area (Å²) >= 11 is 0. The summed E-state index contributed by atoms with van der Waals surface area (Å²) in [6.45, 7) is 2.17. The molecular weight excluding hydrogens is 482 g/mol. The van der Waals surface area contributed by atoms with Crippen LogP contribution in [0.3, 0.4) is 0 Å². The number of nitrogens with one attached hydrogen (secondary N) is 1. The second kappa shape index (κ2) is 12.3. The largest absolute Gasteiger partial charge is 0.497 e. The molecule has 0 radical (unpaired) electrons. The molecule has 0 spiro atoms. The smallest absolute Gasteiger partial charge is 0.240 e. The molecule has 4 rings (SSSR count). The summed E-state index contributed by atoms with van der Waals surface area (Å²) in [4.78, 5) is 0.253. The van der Waals surface area contributed by atoms with Gasteiger partial charge in [-0.1, -0.05) is 78.4 Å². The fraction of sp³-hybridized carbons (Fsp3) is 0.167. The van der Waals surface area contributed by atoms with E-state index < -0.39 is 10.0 Å². The number of hydrogen-bond donors (Lipinski definition) is 1. The van der Waals surface area contributed by atoms with E-state index in [1.807, 2.05) is 103 Å². The van der Waals surface area contributed by atoms with Crippen molar-refractivity contribution in [2.75, 3.05) is 18.7 Å². The third kappa shape index (κ3) is 7.06. The Balaban J connectivity index is 1.64. The molecule has 6 nitrogen and oxygen atoms in total. The lowest BCUT2D eigenvalue weighted by Crippen LogP contribution is -2.30. The Labute approximate surface area is 219 Å². The summed E-state index contributed by atoms with van der Waals surface area (Å²) in [6, 6.07) is 34.2. The van der Waals surface area contributed by atoms with Crippen molar-refractivity contribution >= 4 is 21.9 Å². The zero-order valence-electron chi connectivity index (χ0n) is 21.0. The Bertz CT molecular complexity index is 1390. The van der Waals surface area contributed by atoms with E-state index in [0.29, 0.717) is 6.42 Å². The average molecular weight is 514 g/mol. The Morgan fingerprint density at radius 3 is 2.11 bits per heavy atom. The molecule has 0 aliphatic rings. The molecule has 0 heterocycles. The molecule has 7 heteroatoms. The molecule has 4 aromatic carbocycles. The number of hydrogen-bond acceptors (Lipinski definition) is 5. The fourth-order valence-corrected chi connectivity index (χ4v) is 5.01. The van der Waals surface area contributed by atoms with E-state index in [4.69, 9.17) is 9.84 Å². The van der Waals surface area contributed by atoms with Crippen LogP contribution in [0.1, 0.15) is 29.2 Å². The van der Waals surface area contributed by atoms with Crippen molar-refractivity contribution in [2.24, 2.45) is 5.10 Å². The monoisotopic (exact) mass is 513 g/mol. The molecule has 0 saturated heterocycles. The van der Waals surface area contributed by atoms with Crippen molar-refractivity contribution in [3.8, 4) is 5.75 Å². The fourth-order valence-electron chi connectivity index (χ4n) is 3.97. The van der Waals surface area contributed by atoms with E-state index >= 15 is 0 Å². The van der Waals surface area contributed by atoms with Gasteiger partial charge in [0.25, 0.3) is 0 Å². The molecule has 1 unspecified atom stereocenters. The Hall–Kier alpha value is -3.94. The molecule has 0 amide bonds. The van der Waals surface area contributed by atoms with E-state index in [1.54, 1.807) is 31.4 Å². The van der Waals surface area contributed by atoms with Gasteiger partial charge in [0, 0.05) is 6.54 Å². The summed E-state index contributed by atoms with van der Waals surface area (Å²) in [5.41, 5.74) is 3.86. The third-order valence-electron chi connectivity index (χ3n) is 5.99. The summed E-state index contributed by atoms with van der Waals surface area (Å²) in [6.07, 6.45) is 2.31. The normalized spacial score (nSPS) is 12.4. The molecule has 1 atom stereocenters. The number of benzene rings is 4. The van der Waals surface area contributed by atoms with Crippen LogP contribution in [0.25, 0.3) is 0 Å². The van der Waals surface area contributed by atoms with Crippen LogP contribution >= 0.6 is 0 Å². The number of nitrogens with zero attached hydrogens (tertiary/aromatic N) is 2. The van der Waals surface area contributed by atoms with Crippen molar-refractivity contribution in [2.45, 2.75) is 24.3 Å². The number of rotatable bonds is 11. The lowest BCUT2D eigenvalue weighted by atomic mass is 10.0. The van der Waals surface area contributed by atoms with Crippen molar-refractivity contribution < 1.29 is 13.2 Å². The van der Waals surface area contributed by atoms with Crippen LogP contribution in [0.5, 0.6) is 5.75 Å². The van der Waals surface area contributed by atoms with Gasteiger partial charge in [0.05, 0.1) is 29.9 Å². The highest BCUT2D eigenvalue weighted by Gasteiger charge is 2.22. The van der Waals surface area contributed by atoms with Crippen LogP contribution < -0.4 is 14.5 Å². The molecular formula is C30H31N3O3S. The first-order chi connectivity index (χ1) is 18.0. The number of aryl methyl sites for hydroxylation is 1. The van der Waals surface area contributed by atoms with Crippen molar-refractivity contribution in [3.05, 3.63) is 126 Å². The first kappa shape index (κ1) is 26.1. The lowest BCUT2D eigenvalue weighted by Gasteiger charge is -2.30. The number of methoxy groups -OCH3 is 1. The first-order valence-corrected chi connectivity index (χ1v) is 13.6. The van der Waals surface area contributed by atoms with E-state index in [2.05, 4.69) is 4.72 Å². The van der Waals surface area contributed by atoms with Crippen LogP contribution in [-0.4, -0.2) is 28.3 Å². The molecule has 0 aromatic heterocycles. The van der Waals surface area contributed by atoms with Gasteiger partial charge in [-0.2, -0.15) is 5.10 Å². The highest BCUT2D eigenvalue weighted by atomic mass is 32.2. The predicted octanol–water partition coefficient (Wildman–Crippen LogP) is 5.95. The van der Waals surface area contributed by atoms with E-state index in [9.17, 15) is 8.42 Å². The lowest BCUT2D eigenvalue weighted by molar-refractivity contribution is 0.414. The number of sulfonamides is 1. The van der Waals surface area contributed by atoms with E-state index in [1.165, 1.54) is 0 Å². The minimum Gasteiger partial charge on any atom is -0.497 e. The van der Waals surface area contributed by atoms with Crippen LogP contribution in [0, 0.1) is 6.92 Å². The second-order valence-electron chi connectivity index (χ2n) is 8.62. The summed E-state index contributed by atoms with van der Waals surface area (Å²) in [5, 5.41) is 6.80. The van der Waals surface area contributed by atoms with Gasteiger partial charge in [-0.05, 0) is 60.9 Å². The first-order valence-electron chi connectivity index (χ1n) is 12.1. The highest BCUT2D eigenvalue weighted by molar-refractivity contribution is 7.89. The zero-order chi connectivity index (χ0) is 26.1. The maximum atomic E-state index is 12.9. The van der Waals surface area contributed by atoms with E-state index in [-0.39, 0.29) is 17.5 Å². The maximum absolute atomic E-state index is 12.9. The predicted molar refractivity (Wildman–Crippen MR) is 150 cm³/mol. The van der Waals surface area contributed by atoms with Crippen LogP contribution in [0.2, 0.25) is 0 Å². The molecule has 0 fully saturated rings. The van der Waals surface area contributed by atoms with E-state index in [0.717, 1.165) is 28.1 Å². The Morgan fingerprint density at radius 2 is 1.49 bits per heavy atom. The van der Waals surface area contributed by atoms with Gasteiger partial charge < -0.3 is 4.74 Å². The topological polar surface area (TPSA) is 71.0 Å². The molecule has 0 saturated carbocycles. The van der Waals surface area contributed by atoms with Gasteiger partial charge in [-0.25, -0.2) is 13.1 Å². The van der Waals surface area contributed by atoms with Crippen LogP contribution in [0.15, 0.2) is 119 Å². The standard InChI is InChI=1S/C30H31N3O3S/c1-24-13-19-29(20-14-24)37(34,35)32-22-21-30(26-11-7-4-8-12-26)33(27-15-17-28(36-2)18-16-27)31-23-25-9-5-3-6-10-25/h3-20,23,30,32H,21-22H2,1-2H3/b31-23+. The Morgan fingerprint density at radius 1 is 0.865 bits per heavy atom. The number of hydrazone groups is 1. The van der Waals surface area contributed by atoms with Crippen molar-refractivity contribution in [1.82, 2.24) is 4.72 Å². The van der Waals surface area contributed by atoms with Crippen LogP contribution in [-0.2, 0) is 10.0 Å². The van der Waals surface area contributed by atoms with Gasteiger partial charge in [0.15, 0.2) is 0 Å². The van der Waals surface area contributed by atoms with Crippen molar-refractivity contribution in [1.29, 1.82) is 0 Å². The van der Waals surface area contributed by atoms with Gasteiger partial charge in [0.2, 0.25) is 10.0 Å². The number of ether oxygens (including phenoxy) is 1. The van der Waals surface area contributed by atoms with Crippen LogP contribution in [0.4, 0.5) is 5.69 Å². The summed E-state index contributed by atoms with van der Waals surface area (Å²) < 4.78 is 33.9. The minimum atomic E-state index is -3.63. The molecule has 1 N–H and O–H groups in total. The summed E-state index contributed by atoms with van der Waals surface area (Å²) in [5.74, 6) is 0.748. The van der Waals surface area contributed by atoms with Gasteiger partial charge >= 0.3 is 0 Å². The van der Waals surface area contributed by atoms with Crippen molar-refractivity contribution in [3.63, 3.8) is 0 Å². The van der Waals surface area contributed by atoms with Gasteiger partial charge in [-0.3, -0.25) is 5.01 Å². The quantitative estimate of drug-likeness (QED) is 0.199. The van der Waals surface area contributed by atoms with Gasteiger partial charge in [-0.15, -0.1) is 0 Å². The minimum absolute atomic E-state index is 0.227. The molecule has 0 aliphatic carbocycles. The molecule has 4 aromatic rings. The summed E-state index contributed by atoms with van der Waals surface area (Å²) in [7, 11) is -2.00. The maximum Gasteiger partial charge on any atom is 0.240 e. The number of anilines is 1. The third-order valence-corrected chi connectivity index (χ3v) is 7.47. The SMILES string of the molecule is COc1ccc(N(/N=C/c2ccccc2)C(CCNS(=O)(=O)c2ccc(C)cc2)c2ccccc2)cc1. The molecule has 37 heavy (non-hydrogen) atoms.